The molecule has 2 aromatic carbocycles. The smallest absolute Gasteiger partial charge is 0.417 e. The fourth-order valence-corrected chi connectivity index (χ4v) is 3.91. The summed E-state index contributed by atoms with van der Waals surface area (Å²) in [7, 11) is 0. The highest BCUT2D eigenvalue weighted by Gasteiger charge is 2.33. The van der Waals surface area contributed by atoms with Crippen molar-refractivity contribution in [3.05, 3.63) is 58.1 Å². The van der Waals surface area contributed by atoms with E-state index in [1.807, 2.05) is 12.1 Å². The highest BCUT2D eigenvalue weighted by molar-refractivity contribution is 6.31. The molecule has 33 heavy (non-hydrogen) atoms. The Kier molecular flexibility index (Phi) is 9.11. The summed E-state index contributed by atoms with van der Waals surface area (Å²) in [5, 5.41) is 3.05. The van der Waals surface area contributed by atoms with Crippen molar-refractivity contribution in [2.45, 2.75) is 19.0 Å². The predicted molar refractivity (Wildman–Crippen MR) is 121 cm³/mol. The lowest BCUT2D eigenvalue weighted by Gasteiger charge is -2.16. The molecule has 5 nitrogen and oxygen atoms in total. The third-order valence-electron chi connectivity index (χ3n) is 5.27. The molecule has 1 unspecified atom stereocenters. The Bertz CT molecular complexity index is 926. The topological polar surface area (TPSA) is 50.8 Å². The Morgan fingerprint density at radius 2 is 1.82 bits per heavy atom. The van der Waals surface area contributed by atoms with Gasteiger partial charge in [0.25, 0.3) is 5.91 Å². The first-order chi connectivity index (χ1) is 15.7. The number of hydrogen-bond acceptors (Lipinski definition) is 4. The highest BCUT2D eigenvalue weighted by atomic mass is 35.5. The largest absolute Gasteiger partial charge is 0.494 e. The van der Waals surface area contributed by atoms with Crippen molar-refractivity contribution < 1.29 is 27.4 Å². The molecule has 3 rings (SSSR count). The van der Waals surface area contributed by atoms with E-state index >= 15 is 0 Å². The van der Waals surface area contributed by atoms with Crippen molar-refractivity contribution >= 4 is 29.1 Å². The molecule has 0 aromatic heterocycles. The Morgan fingerprint density at radius 3 is 2.55 bits per heavy atom. The summed E-state index contributed by atoms with van der Waals surface area (Å²) >= 11 is 11.4. The number of nitrogens with one attached hydrogen (secondary N) is 1. The van der Waals surface area contributed by atoms with Gasteiger partial charge in [-0.2, -0.15) is 13.2 Å². The molecule has 1 heterocycles. The van der Waals surface area contributed by atoms with Crippen LogP contribution in [-0.4, -0.2) is 50.2 Å². The predicted octanol–water partition coefficient (Wildman–Crippen LogP) is 5.30. The summed E-state index contributed by atoms with van der Waals surface area (Å²) in [5.41, 5.74) is -0.994. The standard InChI is InChI=1S/C23H25Cl2F3N2O3/c24-17-2-4-18(5-3-17)32-11-1-9-30-10-8-16(14-30)13-29-22(31)15-33-19-6-7-21(25)20(12-19)23(26,27)28/h2-7,12,16H,1,8-11,13-15H2,(H,29,31). The first kappa shape index (κ1) is 25.5. The molecule has 2 aromatic rings. The van der Waals surface area contributed by atoms with Gasteiger partial charge in [0.15, 0.2) is 6.61 Å². The van der Waals surface area contributed by atoms with Crippen molar-refractivity contribution in [1.82, 2.24) is 10.2 Å². The maximum absolute atomic E-state index is 12.9. The van der Waals surface area contributed by atoms with Crippen LogP contribution in [0.2, 0.25) is 10.0 Å². The van der Waals surface area contributed by atoms with Crippen LogP contribution in [0.4, 0.5) is 13.2 Å². The van der Waals surface area contributed by atoms with Gasteiger partial charge in [0.05, 0.1) is 17.2 Å². The van der Waals surface area contributed by atoms with Crippen LogP contribution in [0.15, 0.2) is 42.5 Å². The van der Waals surface area contributed by atoms with Crippen molar-refractivity contribution in [3.63, 3.8) is 0 Å². The van der Waals surface area contributed by atoms with Gasteiger partial charge in [0.1, 0.15) is 11.5 Å². The van der Waals surface area contributed by atoms with Crippen LogP contribution in [0.25, 0.3) is 0 Å². The lowest BCUT2D eigenvalue weighted by molar-refractivity contribution is -0.137. The third kappa shape index (κ3) is 8.28. The van der Waals surface area contributed by atoms with Crippen LogP contribution in [0.1, 0.15) is 18.4 Å². The lowest BCUT2D eigenvalue weighted by Crippen LogP contribution is -2.34. The van der Waals surface area contributed by atoms with Crippen LogP contribution < -0.4 is 14.8 Å². The molecule has 0 aliphatic carbocycles. The van der Waals surface area contributed by atoms with Crippen molar-refractivity contribution in [2.24, 2.45) is 5.92 Å². The minimum Gasteiger partial charge on any atom is -0.494 e. The molecule has 0 radical (unpaired) electrons. The summed E-state index contributed by atoms with van der Waals surface area (Å²) < 4.78 is 49.6. The van der Waals surface area contributed by atoms with Gasteiger partial charge in [-0.05, 0) is 67.8 Å². The number of ether oxygens (including phenoxy) is 2. The Morgan fingerprint density at radius 1 is 1.09 bits per heavy atom. The van der Waals surface area contributed by atoms with E-state index in [4.69, 9.17) is 32.7 Å². The molecule has 10 heteroatoms. The zero-order valence-corrected chi connectivity index (χ0v) is 19.3. The Hall–Kier alpha value is -2.16. The summed E-state index contributed by atoms with van der Waals surface area (Å²) in [5.74, 6) is 0.665. The summed E-state index contributed by atoms with van der Waals surface area (Å²) in [6.07, 6.45) is -2.74. The van der Waals surface area contributed by atoms with E-state index in [1.165, 1.54) is 6.07 Å². The fraction of sp³-hybridized carbons (Fsp3) is 0.435. The van der Waals surface area contributed by atoms with Crippen LogP contribution in [0.3, 0.4) is 0 Å². The molecule has 1 aliphatic rings. The fourth-order valence-electron chi connectivity index (χ4n) is 3.56. The number of rotatable bonds is 10. The molecule has 1 N–H and O–H groups in total. The second kappa shape index (κ2) is 11.8. The summed E-state index contributed by atoms with van der Waals surface area (Å²) in [6, 6.07) is 10.4. The first-order valence-electron chi connectivity index (χ1n) is 10.6. The van der Waals surface area contributed by atoms with E-state index in [1.54, 1.807) is 12.1 Å². The van der Waals surface area contributed by atoms with E-state index in [9.17, 15) is 18.0 Å². The maximum atomic E-state index is 12.9. The van der Waals surface area contributed by atoms with Crippen LogP contribution in [0.5, 0.6) is 11.5 Å². The monoisotopic (exact) mass is 504 g/mol. The zero-order valence-electron chi connectivity index (χ0n) is 17.8. The molecule has 0 spiro atoms. The maximum Gasteiger partial charge on any atom is 0.417 e. The molecule has 1 saturated heterocycles. The Labute approximate surface area is 200 Å². The van der Waals surface area contributed by atoms with Crippen LogP contribution in [-0.2, 0) is 11.0 Å². The minimum absolute atomic E-state index is 0.0604. The van der Waals surface area contributed by atoms with E-state index in [0.29, 0.717) is 24.1 Å². The first-order valence-corrected chi connectivity index (χ1v) is 11.3. The van der Waals surface area contributed by atoms with Crippen molar-refractivity contribution in [2.75, 3.05) is 39.4 Å². The normalized spacial score (nSPS) is 16.6. The second-order valence-electron chi connectivity index (χ2n) is 7.84. The number of amides is 1. The van der Waals surface area contributed by atoms with Crippen LogP contribution in [0, 0.1) is 5.92 Å². The van der Waals surface area contributed by atoms with Gasteiger partial charge in [-0.15, -0.1) is 0 Å². The van der Waals surface area contributed by atoms with Gasteiger partial charge >= 0.3 is 6.18 Å². The van der Waals surface area contributed by atoms with Crippen LogP contribution >= 0.6 is 23.2 Å². The number of hydrogen-bond donors (Lipinski definition) is 1. The van der Waals surface area contributed by atoms with E-state index in [0.717, 1.165) is 50.4 Å². The third-order valence-corrected chi connectivity index (χ3v) is 5.85. The summed E-state index contributed by atoms with van der Waals surface area (Å²) in [4.78, 5) is 14.4. The van der Waals surface area contributed by atoms with E-state index in [2.05, 4.69) is 10.2 Å². The zero-order chi connectivity index (χ0) is 23.8. The SMILES string of the molecule is O=C(COc1ccc(Cl)c(C(F)(F)F)c1)NCC1CCN(CCCOc2ccc(Cl)cc2)C1. The van der Waals surface area contributed by atoms with Gasteiger partial charge in [0, 0.05) is 24.7 Å². The number of benzene rings is 2. The molecule has 0 saturated carbocycles. The second-order valence-corrected chi connectivity index (χ2v) is 8.69. The average molecular weight is 505 g/mol. The minimum atomic E-state index is -4.59. The molecule has 1 atom stereocenters. The lowest BCUT2D eigenvalue weighted by atomic mass is 10.1. The Balaban J connectivity index is 1.31. The number of nitrogens with zero attached hydrogens (tertiary/aromatic N) is 1. The molecule has 180 valence electrons. The van der Waals surface area contributed by atoms with E-state index in [-0.39, 0.29) is 18.3 Å². The molecular formula is C23H25Cl2F3N2O3. The molecule has 1 aliphatic heterocycles. The number of carbonyl (C=O) groups is 1. The number of likely N-dealkylation sites (tertiary alicyclic amines) is 1. The molecular weight excluding hydrogens is 480 g/mol. The van der Waals surface area contributed by atoms with Gasteiger partial charge in [0.2, 0.25) is 0 Å². The number of alkyl halides is 3. The average Bonchev–Trinajstić information content (AvgIpc) is 3.23. The summed E-state index contributed by atoms with van der Waals surface area (Å²) in [6.45, 7) is 3.46. The molecule has 1 fully saturated rings. The number of halogens is 5. The highest BCUT2D eigenvalue weighted by Crippen LogP contribution is 2.36. The van der Waals surface area contributed by atoms with Gasteiger partial charge in [-0.25, -0.2) is 0 Å². The van der Waals surface area contributed by atoms with Crippen molar-refractivity contribution in [3.8, 4) is 11.5 Å². The van der Waals surface area contributed by atoms with E-state index < -0.39 is 16.8 Å². The van der Waals surface area contributed by atoms with Crippen molar-refractivity contribution in [1.29, 1.82) is 0 Å². The van der Waals surface area contributed by atoms with Gasteiger partial charge in [-0.3, -0.25) is 4.79 Å². The van der Waals surface area contributed by atoms with Gasteiger partial charge < -0.3 is 19.7 Å². The number of carbonyl (C=O) groups excluding carboxylic acids is 1. The quantitative estimate of drug-likeness (QED) is 0.446. The molecule has 1 amide bonds. The van der Waals surface area contributed by atoms with Gasteiger partial charge in [-0.1, -0.05) is 23.2 Å². The molecule has 0 bridgehead atoms.